The van der Waals surface area contributed by atoms with Crippen molar-refractivity contribution >= 4 is 11.6 Å². The van der Waals surface area contributed by atoms with E-state index >= 15 is 0 Å². The molecule has 0 amide bonds. The summed E-state index contributed by atoms with van der Waals surface area (Å²) in [7, 11) is 0. The number of nitrogens with zero attached hydrogens (tertiary/aromatic N) is 2. The van der Waals surface area contributed by atoms with Gasteiger partial charge in [-0.15, -0.1) is 0 Å². The molecule has 0 aliphatic rings. The van der Waals surface area contributed by atoms with E-state index in [4.69, 9.17) is 5.73 Å². The SMILES string of the molecule is Nc1[nH]ncc1CNc1ncccc1C(F)(F)F. The van der Waals surface area contributed by atoms with Gasteiger partial charge in [0.05, 0.1) is 11.8 Å². The highest BCUT2D eigenvalue weighted by Gasteiger charge is 2.33. The fraction of sp³-hybridized carbons (Fsp3) is 0.200. The van der Waals surface area contributed by atoms with Gasteiger partial charge in [0.15, 0.2) is 0 Å². The maximum absolute atomic E-state index is 12.7. The van der Waals surface area contributed by atoms with Crippen LogP contribution < -0.4 is 11.1 Å². The van der Waals surface area contributed by atoms with Gasteiger partial charge in [-0.1, -0.05) is 0 Å². The minimum absolute atomic E-state index is 0.114. The summed E-state index contributed by atoms with van der Waals surface area (Å²) in [6.07, 6.45) is -1.71. The van der Waals surface area contributed by atoms with Gasteiger partial charge in [0.2, 0.25) is 0 Å². The molecule has 2 aromatic rings. The van der Waals surface area contributed by atoms with Gasteiger partial charge in [0.1, 0.15) is 11.6 Å². The van der Waals surface area contributed by atoms with Crippen LogP contribution in [0.15, 0.2) is 24.5 Å². The smallest absolute Gasteiger partial charge is 0.384 e. The summed E-state index contributed by atoms with van der Waals surface area (Å²) >= 11 is 0. The first-order valence-electron chi connectivity index (χ1n) is 5.02. The molecular weight excluding hydrogens is 247 g/mol. The molecule has 0 bridgehead atoms. The van der Waals surface area contributed by atoms with Crippen molar-refractivity contribution in [3.63, 3.8) is 0 Å². The molecule has 5 nitrogen and oxygen atoms in total. The van der Waals surface area contributed by atoms with E-state index in [1.54, 1.807) is 0 Å². The van der Waals surface area contributed by atoms with Crippen LogP contribution in [-0.4, -0.2) is 15.2 Å². The van der Waals surface area contributed by atoms with Crippen molar-refractivity contribution in [2.75, 3.05) is 11.1 Å². The van der Waals surface area contributed by atoms with Crippen LogP contribution in [0.4, 0.5) is 24.8 Å². The van der Waals surface area contributed by atoms with Crippen molar-refractivity contribution in [1.29, 1.82) is 0 Å². The number of aromatic amines is 1. The highest BCUT2D eigenvalue weighted by atomic mass is 19.4. The van der Waals surface area contributed by atoms with Gasteiger partial charge < -0.3 is 11.1 Å². The molecule has 0 saturated heterocycles. The van der Waals surface area contributed by atoms with Crippen molar-refractivity contribution in [2.45, 2.75) is 12.7 Å². The van der Waals surface area contributed by atoms with Crippen LogP contribution in [0.3, 0.4) is 0 Å². The first-order valence-corrected chi connectivity index (χ1v) is 5.02. The Hall–Kier alpha value is -2.25. The Bertz CT molecular complexity index is 534. The number of pyridine rings is 1. The van der Waals surface area contributed by atoms with Crippen molar-refractivity contribution in [3.8, 4) is 0 Å². The van der Waals surface area contributed by atoms with Gasteiger partial charge in [-0.05, 0) is 12.1 Å². The van der Waals surface area contributed by atoms with E-state index < -0.39 is 11.7 Å². The fourth-order valence-electron chi connectivity index (χ4n) is 1.42. The number of aromatic nitrogens is 3. The molecule has 0 unspecified atom stereocenters. The van der Waals surface area contributed by atoms with Gasteiger partial charge in [0.25, 0.3) is 0 Å². The second-order valence-corrected chi connectivity index (χ2v) is 3.56. The Morgan fingerprint density at radius 3 is 2.78 bits per heavy atom. The van der Waals surface area contributed by atoms with E-state index in [1.807, 2.05) is 0 Å². The number of hydrogen-bond acceptors (Lipinski definition) is 4. The molecule has 0 spiro atoms. The molecule has 0 fully saturated rings. The van der Waals surface area contributed by atoms with Gasteiger partial charge >= 0.3 is 6.18 Å². The molecule has 8 heteroatoms. The third kappa shape index (κ3) is 2.53. The molecule has 0 aromatic carbocycles. The predicted octanol–water partition coefficient (Wildman–Crippen LogP) is 2.02. The zero-order valence-corrected chi connectivity index (χ0v) is 9.12. The molecular formula is C10H10F3N5. The largest absolute Gasteiger partial charge is 0.419 e. The number of alkyl halides is 3. The topological polar surface area (TPSA) is 79.6 Å². The summed E-state index contributed by atoms with van der Waals surface area (Å²) in [4.78, 5) is 3.67. The summed E-state index contributed by atoms with van der Waals surface area (Å²) in [6, 6.07) is 2.20. The Balaban J connectivity index is 2.17. The predicted molar refractivity (Wildman–Crippen MR) is 59.6 cm³/mol. The van der Waals surface area contributed by atoms with E-state index in [2.05, 4.69) is 20.5 Å². The number of H-pyrrole nitrogens is 1. The lowest BCUT2D eigenvalue weighted by Crippen LogP contribution is -2.12. The molecule has 2 heterocycles. The molecule has 4 N–H and O–H groups in total. The third-order valence-corrected chi connectivity index (χ3v) is 2.31. The van der Waals surface area contributed by atoms with E-state index in [1.165, 1.54) is 18.5 Å². The second-order valence-electron chi connectivity index (χ2n) is 3.56. The summed E-state index contributed by atoms with van der Waals surface area (Å²) in [5.41, 5.74) is 5.29. The first kappa shape index (κ1) is 12.2. The van der Waals surface area contributed by atoms with E-state index in [9.17, 15) is 13.2 Å². The van der Waals surface area contributed by atoms with Crippen molar-refractivity contribution in [3.05, 3.63) is 35.7 Å². The molecule has 2 rings (SSSR count). The summed E-state index contributed by atoms with van der Waals surface area (Å²) in [5, 5.41) is 8.76. The van der Waals surface area contributed by atoms with Crippen LogP contribution in [0.1, 0.15) is 11.1 Å². The zero-order valence-electron chi connectivity index (χ0n) is 9.12. The molecule has 0 atom stereocenters. The Labute approximate surface area is 100 Å². The lowest BCUT2D eigenvalue weighted by Gasteiger charge is -2.12. The maximum Gasteiger partial charge on any atom is 0.419 e. The maximum atomic E-state index is 12.7. The van der Waals surface area contributed by atoms with Crippen molar-refractivity contribution in [1.82, 2.24) is 15.2 Å². The third-order valence-electron chi connectivity index (χ3n) is 2.31. The second kappa shape index (κ2) is 4.55. The molecule has 0 radical (unpaired) electrons. The first-order chi connectivity index (χ1) is 8.48. The van der Waals surface area contributed by atoms with Crippen LogP contribution in [0.25, 0.3) is 0 Å². The average Bonchev–Trinajstić information content (AvgIpc) is 2.71. The number of hydrogen-bond donors (Lipinski definition) is 3. The molecule has 0 aliphatic carbocycles. The minimum atomic E-state index is -4.45. The monoisotopic (exact) mass is 257 g/mol. The van der Waals surface area contributed by atoms with Gasteiger partial charge in [-0.2, -0.15) is 18.3 Å². The van der Waals surface area contributed by atoms with Gasteiger partial charge in [-0.25, -0.2) is 4.98 Å². The quantitative estimate of drug-likeness (QED) is 0.785. The Kier molecular flexibility index (Phi) is 3.09. The van der Waals surface area contributed by atoms with E-state index in [-0.39, 0.29) is 12.4 Å². The van der Waals surface area contributed by atoms with Crippen LogP contribution in [0, 0.1) is 0 Å². The standard InChI is InChI=1S/C10H10F3N5/c11-10(12,13)7-2-1-3-15-9(7)16-4-6-5-17-18-8(6)14/h1-3,5H,4H2,(H,15,16)(H3,14,17,18). The van der Waals surface area contributed by atoms with Gasteiger partial charge in [-0.3, -0.25) is 5.10 Å². The number of nitrogen functional groups attached to an aromatic ring is 1. The number of anilines is 2. The lowest BCUT2D eigenvalue weighted by molar-refractivity contribution is -0.137. The molecule has 96 valence electrons. The Morgan fingerprint density at radius 1 is 1.39 bits per heavy atom. The van der Waals surface area contributed by atoms with E-state index in [0.717, 1.165) is 6.07 Å². The average molecular weight is 257 g/mol. The number of halogens is 3. The number of rotatable bonds is 3. The zero-order chi connectivity index (χ0) is 13.2. The summed E-state index contributed by atoms with van der Waals surface area (Å²) in [5.74, 6) is 0.0811. The molecule has 2 aromatic heterocycles. The van der Waals surface area contributed by atoms with Gasteiger partial charge in [0, 0.05) is 18.3 Å². The molecule has 0 saturated carbocycles. The normalized spacial score (nSPS) is 11.5. The van der Waals surface area contributed by atoms with Crippen LogP contribution in [0.5, 0.6) is 0 Å². The number of nitrogens with two attached hydrogens (primary N) is 1. The lowest BCUT2D eigenvalue weighted by atomic mass is 10.2. The molecule has 0 aliphatic heterocycles. The Morgan fingerprint density at radius 2 is 2.17 bits per heavy atom. The van der Waals surface area contributed by atoms with E-state index in [0.29, 0.717) is 11.4 Å². The van der Waals surface area contributed by atoms with Crippen molar-refractivity contribution in [2.24, 2.45) is 0 Å². The minimum Gasteiger partial charge on any atom is -0.384 e. The summed E-state index contributed by atoms with van der Waals surface area (Å²) in [6.45, 7) is 0.114. The fourth-order valence-corrected chi connectivity index (χ4v) is 1.42. The van der Waals surface area contributed by atoms with Crippen LogP contribution in [0.2, 0.25) is 0 Å². The molecule has 18 heavy (non-hydrogen) atoms. The number of nitrogens with one attached hydrogen (secondary N) is 2. The van der Waals surface area contributed by atoms with Crippen LogP contribution >= 0.6 is 0 Å². The van der Waals surface area contributed by atoms with Crippen LogP contribution in [-0.2, 0) is 12.7 Å². The summed E-state index contributed by atoms with van der Waals surface area (Å²) < 4.78 is 38.0. The highest BCUT2D eigenvalue weighted by molar-refractivity contribution is 5.47. The van der Waals surface area contributed by atoms with Crippen molar-refractivity contribution < 1.29 is 13.2 Å². The highest BCUT2D eigenvalue weighted by Crippen LogP contribution is 2.33.